The fraction of sp³-hybridized carbons (Fsp3) is 0.296. The second-order valence-electron chi connectivity index (χ2n) is 8.62. The smallest absolute Gasteiger partial charge is 0.264 e. The number of benzene rings is 3. The molecule has 0 heterocycles. The Kier molecular flexibility index (Phi) is 7.60. The van der Waals surface area contributed by atoms with Gasteiger partial charge in [-0.3, -0.25) is 9.10 Å². The number of hydrogen-bond acceptors (Lipinski definition) is 5. The lowest BCUT2D eigenvalue weighted by Gasteiger charge is -2.24. The zero-order valence-corrected chi connectivity index (χ0v) is 20.8. The van der Waals surface area contributed by atoms with E-state index in [1.54, 1.807) is 36.4 Å². The number of hydrogen-bond donors (Lipinski definition) is 1. The van der Waals surface area contributed by atoms with Gasteiger partial charge in [-0.1, -0.05) is 17.7 Å². The third-order valence-corrected chi connectivity index (χ3v) is 7.79. The predicted molar refractivity (Wildman–Crippen MR) is 137 cm³/mol. The van der Waals surface area contributed by atoms with Crippen molar-refractivity contribution in [2.24, 2.45) is 0 Å². The van der Waals surface area contributed by atoms with Crippen molar-refractivity contribution in [1.82, 2.24) is 0 Å². The van der Waals surface area contributed by atoms with E-state index in [4.69, 9.17) is 9.47 Å². The Morgan fingerprint density at radius 3 is 2.11 bits per heavy atom. The summed E-state index contributed by atoms with van der Waals surface area (Å²) < 4.78 is 39.2. The van der Waals surface area contributed by atoms with Gasteiger partial charge in [0.15, 0.2) is 0 Å². The van der Waals surface area contributed by atoms with Crippen LogP contribution in [0.2, 0.25) is 0 Å². The van der Waals surface area contributed by atoms with Crippen molar-refractivity contribution in [3.8, 4) is 11.5 Å². The summed E-state index contributed by atoms with van der Waals surface area (Å²) in [6, 6.07) is 20.3. The van der Waals surface area contributed by atoms with Crippen LogP contribution in [-0.2, 0) is 14.8 Å². The maximum absolute atomic E-state index is 13.5. The van der Waals surface area contributed by atoms with E-state index in [1.807, 2.05) is 31.2 Å². The van der Waals surface area contributed by atoms with Crippen molar-refractivity contribution in [2.75, 3.05) is 23.3 Å². The average molecular weight is 495 g/mol. The number of amides is 1. The molecule has 0 radical (unpaired) electrons. The lowest BCUT2D eigenvalue weighted by atomic mass is 10.2. The molecule has 0 aromatic heterocycles. The Balaban J connectivity index is 1.51. The summed E-state index contributed by atoms with van der Waals surface area (Å²) in [5, 5.41) is 2.80. The minimum Gasteiger partial charge on any atom is -0.497 e. The number of ether oxygens (including phenoxy) is 2. The second kappa shape index (κ2) is 10.8. The molecule has 1 aliphatic rings. The van der Waals surface area contributed by atoms with E-state index in [1.165, 1.54) is 32.1 Å². The molecule has 3 aromatic carbocycles. The minimum atomic E-state index is -4.00. The van der Waals surface area contributed by atoms with Gasteiger partial charge in [0, 0.05) is 5.69 Å². The Hall–Kier alpha value is -3.52. The first kappa shape index (κ1) is 24.6. The zero-order chi connectivity index (χ0) is 24.8. The molecule has 1 aliphatic carbocycles. The van der Waals surface area contributed by atoms with Crippen molar-refractivity contribution >= 4 is 27.3 Å². The summed E-state index contributed by atoms with van der Waals surface area (Å²) in [7, 11) is -2.49. The molecular weight excluding hydrogens is 464 g/mol. The third-order valence-electron chi connectivity index (χ3n) is 6.00. The third kappa shape index (κ3) is 6.14. The molecule has 184 valence electrons. The average Bonchev–Trinajstić information content (AvgIpc) is 3.37. The topological polar surface area (TPSA) is 84.9 Å². The highest BCUT2D eigenvalue weighted by Crippen LogP contribution is 2.27. The molecule has 1 N–H and O–H groups in total. The van der Waals surface area contributed by atoms with Gasteiger partial charge in [-0.25, -0.2) is 8.42 Å². The van der Waals surface area contributed by atoms with Crippen molar-refractivity contribution in [2.45, 2.75) is 43.6 Å². The Morgan fingerprint density at radius 1 is 0.914 bits per heavy atom. The van der Waals surface area contributed by atoms with Crippen molar-refractivity contribution < 1.29 is 22.7 Å². The SMILES string of the molecule is COc1ccc(S(=O)(=O)N(CC(=O)Nc2ccc(OC3CCCC3)cc2)c2ccc(C)cc2)cc1. The van der Waals surface area contributed by atoms with E-state index >= 15 is 0 Å². The van der Waals surface area contributed by atoms with Crippen LogP contribution in [0, 0.1) is 6.92 Å². The lowest BCUT2D eigenvalue weighted by Crippen LogP contribution is -2.38. The highest BCUT2D eigenvalue weighted by atomic mass is 32.2. The summed E-state index contributed by atoms with van der Waals surface area (Å²) >= 11 is 0. The second-order valence-corrected chi connectivity index (χ2v) is 10.5. The predicted octanol–water partition coefficient (Wildman–Crippen LogP) is 5.16. The molecule has 7 nitrogen and oxygen atoms in total. The van der Waals surface area contributed by atoms with Crippen molar-refractivity contribution in [1.29, 1.82) is 0 Å². The van der Waals surface area contributed by atoms with Gasteiger partial charge in [0.2, 0.25) is 5.91 Å². The first-order chi connectivity index (χ1) is 16.8. The lowest BCUT2D eigenvalue weighted by molar-refractivity contribution is -0.114. The van der Waals surface area contributed by atoms with Crippen molar-refractivity contribution in [3.05, 3.63) is 78.4 Å². The molecule has 1 fully saturated rings. The number of nitrogens with zero attached hydrogens (tertiary/aromatic N) is 1. The first-order valence-electron chi connectivity index (χ1n) is 11.7. The Bertz CT molecular complexity index is 1230. The molecular formula is C27H30N2O5S. The van der Waals surface area contributed by atoms with E-state index in [-0.39, 0.29) is 17.5 Å². The van der Waals surface area contributed by atoms with Crippen LogP contribution < -0.4 is 19.1 Å². The van der Waals surface area contributed by atoms with E-state index in [0.29, 0.717) is 17.1 Å². The number of sulfonamides is 1. The molecule has 0 saturated heterocycles. The number of carbonyl (C=O) groups excluding carboxylic acids is 1. The van der Waals surface area contributed by atoms with Gasteiger partial charge < -0.3 is 14.8 Å². The van der Waals surface area contributed by atoms with Crippen LogP contribution in [0.4, 0.5) is 11.4 Å². The summed E-state index contributed by atoms with van der Waals surface area (Å²) in [5.74, 6) is 0.856. The fourth-order valence-electron chi connectivity index (χ4n) is 4.05. The Morgan fingerprint density at radius 2 is 1.51 bits per heavy atom. The molecule has 1 saturated carbocycles. The molecule has 0 spiro atoms. The van der Waals surface area contributed by atoms with E-state index in [9.17, 15) is 13.2 Å². The van der Waals surface area contributed by atoms with Gasteiger partial charge in [0.1, 0.15) is 18.0 Å². The van der Waals surface area contributed by atoms with Crippen LogP contribution in [0.25, 0.3) is 0 Å². The van der Waals surface area contributed by atoms with Crippen LogP contribution >= 0.6 is 0 Å². The molecule has 0 aliphatic heterocycles. The number of carbonyl (C=O) groups is 1. The number of rotatable bonds is 9. The molecule has 1 amide bonds. The maximum atomic E-state index is 13.5. The molecule has 8 heteroatoms. The summed E-state index contributed by atoms with van der Waals surface area (Å²) in [6.07, 6.45) is 4.76. The van der Waals surface area contributed by atoms with E-state index < -0.39 is 15.9 Å². The zero-order valence-electron chi connectivity index (χ0n) is 19.9. The number of methoxy groups -OCH3 is 1. The minimum absolute atomic E-state index is 0.0695. The molecule has 4 rings (SSSR count). The highest BCUT2D eigenvalue weighted by Gasteiger charge is 2.27. The monoisotopic (exact) mass is 494 g/mol. The summed E-state index contributed by atoms with van der Waals surface area (Å²) in [5.41, 5.74) is 1.96. The summed E-state index contributed by atoms with van der Waals surface area (Å²) in [6.45, 7) is 1.54. The number of anilines is 2. The standard InChI is InChI=1S/C27H30N2O5S/c1-20-7-11-22(12-8-20)29(35(31,32)26-17-15-23(33-2)16-18-26)19-27(30)28-21-9-13-25(14-10-21)34-24-5-3-4-6-24/h7-18,24H,3-6,19H2,1-2H3,(H,28,30). The Labute approximate surface area is 206 Å². The normalized spacial score (nSPS) is 13.9. The molecule has 0 bridgehead atoms. The van der Waals surface area contributed by atoms with Crippen LogP contribution in [0.5, 0.6) is 11.5 Å². The quantitative estimate of drug-likeness (QED) is 0.444. The van der Waals surface area contributed by atoms with Crippen molar-refractivity contribution in [3.63, 3.8) is 0 Å². The van der Waals surface area contributed by atoms with Gasteiger partial charge in [-0.2, -0.15) is 0 Å². The van der Waals surface area contributed by atoms with Crippen LogP contribution in [0.3, 0.4) is 0 Å². The summed E-state index contributed by atoms with van der Waals surface area (Å²) in [4.78, 5) is 13.0. The highest BCUT2D eigenvalue weighted by molar-refractivity contribution is 7.92. The van der Waals surface area contributed by atoms with Gasteiger partial charge in [0.25, 0.3) is 10.0 Å². The van der Waals surface area contributed by atoms with Gasteiger partial charge in [0.05, 0.1) is 23.8 Å². The van der Waals surface area contributed by atoms with E-state index in [0.717, 1.165) is 28.5 Å². The van der Waals surface area contributed by atoms with Crippen LogP contribution in [0.15, 0.2) is 77.7 Å². The molecule has 35 heavy (non-hydrogen) atoms. The van der Waals surface area contributed by atoms with Gasteiger partial charge >= 0.3 is 0 Å². The number of nitrogens with one attached hydrogen (secondary N) is 1. The number of aryl methyl sites for hydroxylation is 1. The molecule has 0 unspecified atom stereocenters. The maximum Gasteiger partial charge on any atom is 0.264 e. The fourth-order valence-corrected chi connectivity index (χ4v) is 5.47. The van der Waals surface area contributed by atoms with Gasteiger partial charge in [-0.05, 0) is 93.3 Å². The first-order valence-corrected chi connectivity index (χ1v) is 13.1. The van der Waals surface area contributed by atoms with Crippen LogP contribution in [-0.4, -0.2) is 34.1 Å². The molecule has 3 aromatic rings. The van der Waals surface area contributed by atoms with E-state index in [2.05, 4.69) is 5.32 Å². The largest absolute Gasteiger partial charge is 0.497 e. The van der Waals surface area contributed by atoms with Gasteiger partial charge in [-0.15, -0.1) is 0 Å². The molecule has 0 atom stereocenters. The van der Waals surface area contributed by atoms with Crippen LogP contribution in [0.1, 0.15) is 31.2 Å².